The van der Waals surface area contributed by atoms with Crippen molar-refractivity contribution in [1.82, 2.24) is 30.6 Å². The Hall–Kier alpha value is -1.42. The van der Waals surface area contributed by atoms with Crippen LogP contribution in [0.5, 0.6) is 0 Å². The standard InChI is InChI=1S/C25H39F2N7/c1-16-9-19-18(3-4-21-20(19)10-30-32-21)24(34(16)15-25(27)5-6-25)22-11-29-23(12-28-22)31-17-13-33(14-17)8-2-7-26/h11-12,16-21,24,30,32H,2-10,13-15H2,1H3,(H,29,31)/t16-,18?,19?,20?,21?,24+/m1/s1. The highest BCUT2D eigenvalue weighted by molar-refractivity contribution is 5.34. The van der Waals surface area contributed by atoms with E-state index in [1.165, 1.54) is 0 Å². The molecular formula is C25H39F2N7. The van der Waals surface area contributed by atoms with Crippen LogP contribution in [-0.2, 0) is 0 Å². The van der Waals surface area contributed by atoms with Gasteiger partial charge < -0.3 is 5.32 Å². The quantitative estimate of drug-likeness (QED) is 0.534. The third kappa shape index (κ3) is 4.45. The molecule has 4 heterocycles. The zero-order chi connectivity index (χ0) is 23.3. The Balaban J connectivity index is 1.18. The smallest absolute Gasteiger partial charge is 0.144 e. The van der Waals surface area contributed by atoms with E-state index in [-0.39, 0.29) is 12.7 Å². The molecule has 6 atom stereocenters. The van der Waals surface area contributed by atoms with E-state index in [0.717, 1.165) is 57.0 Å². The van der Waals surface area contributed by atoms with Crippen LogP contribution >= 0.6 is 0 Å². The fraction of sp³-hybridized carbons (Fsp3) is 0.840. The molecule has 0 aromatic carbocycles. The van der Waals surface area contributed by atoms with Crippen molar-refractivity contribution in [3.63, 3.8) is 0 Å². The van der Waals surface area contributed by atoms with Gasteiger partial charge in [-0.25, -0.2) is 9.37 Å². The van der Waals surface area contributed by atoms with Gasteiger partial charge >= 0.3 is 0 Å². The first kappa shape index (κ1) is 23.0. The zero-order valence-electron chi connectivity index (χ0n) is 20.2. The van der Waals surface area contributed by atoms with E-state index in [2.05, 4.69) is 32.9 Å². The second-order valence-corrected chi connectivity index (χ2v) is 11.5. The van der Waals surface area contributed by atoms with Crippen molar-refractivity contribution in [3.05, 3.63) is 18.1 Å². The Labute approximate surface area is 201 Å². The minimum Gasteiger partial charge on any atom is -0.363 e. The highest BCUT2D eigenvalue weighted by Crippen LogP contribution is 2.53. The van der Waals surface area contributed by atoms with Gasteiger partial charge in [0.05, 0.1) is 36.8 Å². The largest absolute Gasteiger partial charge is 0.363 e. The van der Waals surface area contributed by atoms with Crippen LogP contribution in [0.1, 0.15) is 57.2 Å². The van der Waals surface area contributed by atoms with E-state index >= 15 is 4.39 Å². The van der Waals surface area contributed by atoms with Crippen LogP contribution in [0.15, 0.2) is 12.4 Å². The lowest BCUT2D eigenvalue weighted by molar-refractivity contribution is -0.0517. The van der Waals surface area contributed by atoms with Crippen LogP contribution in [0.4, 0.5) is 14.6 Å². The summed E-state index contributed by atoms with van der Waals surface area (Å²) >= 11 is 0. The fourth-order valence-electron chi connectivity index (χ4n) is 7.15. The van der Waals surface area contributed by atoms with Gasteiger partial charge in [0.15, 0.2) is 0 Å². The first-order chi connectivity index (χ1) is 16.5. The number of piperidine rings is 1. The number of likely N-dealkylation sites (tertiary alicyclic amines) is 2. The third-order valence-electron chi connectivity index (χ3n) is 9.15. The van der Waals surface area contributed by atoms with Gasteiger partial charge in [-0.15, -0.1) is 0 Å². The van der Waals surface area contributed by atoms with Crippen LogP contribution in [0, 0.1) is 17.8 Å². The van der Waals surface area contributed by atoms with Crippen LogP contribution in [0.3, 0.4) is 0 Å². The fourth-order valence-corrected chi connectivity index (χ4v) is 7.15. The van der Waals surface area contributed by atoms with E-state index in [1.807, 2.05) is 12.4 Å². The Morgan fingerprint density at radius 2 is 2.00 bits per heavy atom. The number of nitrogens with zero attached hydrogens (tertiary/aromatic N) is 4. The number of aromatic nitrogens is 2. The molecular weight excluding hydrogens is 436 g/mol. The number of hydrogen-bond acceptors (Lipinski definition) is 7. The Morgan fingerprint density at radius 3 is 2.74 bits per heavy atom. The molecule has 5 aliphatic rings. The predicted molar refractivity (Wildman–Crippen MR) is 128 cm³/mol. The van der Waals surface area contributed by atoms with Crippen LogP contribution < -0.4 is 16.2 Å². The number of hydrogen-bond donors (Lipinski definition) is 3. The zero-order valence-corrected chi connectivity index (χ0v) is 20.2. The molecule has 3 aliphatic heterocycles. The average Bonchev–Trinajstić information content (AvgIpc) is 3.33. The van der Waals surface area contributed by atoms with E-state index in [1.54, 1.807) is 0 Å². The van der Waals surface area contributed by atoms with E-state index in [4.69, 9.17) is 9.97 Å². The number of halogens is 2. The lowest BCUT2D eigenvalue weighted by atomic mass is 9.62. The van der Waals surface area contributed by atoms with E-state index < -0.39 is 5.67 Å². The van der Waals surface area contributed by atoms with Gasteiger partial charge in [0.25, 0.3) is 0 Å². The van der Waals surface area contributed by atoms with Crippen molar-refractivity contribution < 1.29 is 8.78 Å². The summed E-state index contributed by atoms with van der Waals surface area (Å²) in [7, 11) is 0. The Morgan fingerprint density at radius 1 is 1.15 bits per heavy atom. The molecule has 0 amide bonds. The predicted octanol–water partition coefficient (Wildman–Crippen LogP) is 2.69. The van der Waals surface area contributed by atoms with Crippen molar-refractivity contribution >= 4 is 5.82 Å². The minimum absolute atomic E-state index is 0.130. The highest BCUT2D eigenvalue weighted by atomic mass is 19.1. The number of alkyl halides is 2. The number of anilines is 1. The summed E-state index contributed by atoms with van der Waals surface area (Å²) in [6.07, 6.45) is 9.21. The lowest BCUT2D eigenvalue weighted by Gasteiger charge is -2.53. The van der Waals surface area contributed by atoms with E-state index in [0.29, 0.717) is 61.7 Å². The second-order valence-electron chi connectivity index (χ2n) is 11.5. The van der Waals surface area contributed by atoms with Gasteiger partial charge in [0.1, 0.15) is 11.5 Å². The molecule has 4 unspecified atom stereocenters. The van der Waals surface area contributed by atoms with Crippen LogP contribution in [0.2, 0.25) is 0 Å². The molecule has 34 heavy (non-hydrogen) atoms. The van der Waals surface area contributed by atoms with Gasteiger partial charge in [-0.05, 0) is 63.2 Å². The molecule has 0 spiro atoms. The second kappa shape index (κ2) is 9.22. The van der Waals surface area contributed by atoms with Crippen molar-refractivity contribution in [2.75, 3.05) is 44.7 Å². The molecule has 1 aromatic heterocycles. The Kier molecular flexibility index (Phi) is 6.24. The Bertz CT molecular complexity index is 844. The normalized spacial score (nSPS) is 37.6. The first-order valence-corrected chi connectivity index (χ1v) is 13.3. The molecule has 0 bridgehead atoms. The topological polar surface area (TPSA) is 68.4 Å². The third-order valence-corrected chi connectivity index (χ3v) is 9.15. The maximum absolute atomic E-state index is 15.0. The molecule has 1 aromatic rings. The maximum Gasteiger partial charge on any atom is 0.144 e. The van der Waals surface area contributed by atoms with Gasteiger partial charge in [-0.1, -0.05) is 0 Å². The van der Waals surface area contributed by atoms with Crippen LogP contribution in [-0.4, -0.2) is 83.0 Å². The van der Waals surface area contributed by atoms with Crippen molar-refractivity contribution in [2.24, 2.45) is 17.8 Å². The number of fused-ring (bicyclic) bond motifs is 3. The summed E-state index contributed by atoms with van der Waals surface area (Å²) in [5.74, 6) is 2.55. The van der Waals surface area contributed by atoms with Crippen molar-refractivity contribution in [3.8, 4) is 0 Å². The minimum atomic E-state index is -1.01. The summed E-state index contributed by atoms with van der Waals surface area (Å²) in [6, 6.07) is 1.36. The van der Waals surface area contributed by atoms with Crippen molar-refractivity contribution in [2.45, 2.75) is 75.3 Å². The van der Waals surface area contributed by atoms with Gasteiger partial charge in [0, 0.05) is 44.8 Å². The summed E-state index contributed by atoms with van der Waals surface area (Å²) in [6.45, 7) is 6.23. The molecule has 6 rings (SSSR count). The molecule has 3 N–H and O–H groups in total. The lowest BCUT2D eigenvalue weighted by Crippen LogP contribution is -2.55. The van der Waals surface area contributed by atoms with Gasteiger partial charge in [-0.3, -0.25) is 30.0 Å². The summed E-state index contributed by atoms with van der Waals surface area (Å²) in [5, 5.41) is 3.47. The molecule has 2 saturated carbocycles. The number of rotatable bonds is 8. The molecule has 7 nitrogen and oxygen atoms in total. The molecule has 188 valence electrons. The van der Waals surface area contributed by atoms with Gasteiger partial charge in [0.2, 0.25) is 0 Å². The molecule has 5 fully saturated rings. The molecule has 9 heteroatoms. The average molecular weight is 476 g/mol. The van der Waals surface area contributed by atoms with E-state index in [9.17, 15) is 4.39 Å². The highest BCUT2D eigenvalue weighted by Gasteiger charge is 2.54. The SMILES string of the molecule is C[C@@H]1CC2C3CNNC3CCC2[C@@H](c2cnc(NC3CN(CCCF)C3)cn2)N1CC1(F)CC1. The number of nitrogens with one attached hydrogen (secondary N) is 3. The molecule has 0 radical (unpaired) electrons. The summed E-state index contributed by atoms with van der Waals surface area (Å²) in [4.78, 5) is 14.3. The van der Waals surface area contributed by atoms with Crippen molar-refractivity contribution in [1.29, 1.82) is 0 Å². The molecule has 2 aliphatic carbocycles. The summed E-state index contributed by atoms with van der Waals surface area (Å²) < 4.78 is 27.4. The molecule has 3 saturated heterocycles. The first-order valence-electron chi connectivity index (χ1n) is 13.3. The van der Waals surface area contributed by atoms with Crippen LogP contribution in [0.25, 0.3) is 0 Å². The summed E-state index contributed by atoms with van der Waals surface area (Å²) in [5.41, 5.74) is 6.86. The maximum atomic E-state index is 15.0. The monoisotopic (exact) mass is 475 g/mol. The number of hydrazine groups is 1. The van der Waals surface area contributed by atoms with Gasteiger partial charge in [-0.2, -0.15) is 0 Å².